The van der Waals surface area contributed by atoms with E-state index >= 15 is 0 Å². The molecule has 0 aliphatic carbocycles. The van der Waals surface area contributed by atoms with E-state index in [0.29, 0.717) is 10.7 Å². The van der Waals surface area contributed by atoms with E-state index in [4.69, 9.17) is 0 Å². The lowest BCUT2D eigenvalue weighted by Crippen LogP contribution is -2.20. The third-order valence-electron chi connectivity index (χ3n) is 4.13. The summed E-state index contributed by atoms with van der Waals surface area (Å²) in [6.07, 6.45) is -8.85. The molecule has 0 atom stereocenters. The van der Waals surface area contributed by atoms with Crippen molar-refractivity contribution >= 4 is 11.6 Å². The molecule has 0 unspecified atom stereocenters. The second-order valence-corrected chi connectivity index (χ2v) is 6.21. The number of nitrogens with one attached hydrogen (secondary N) is 1. The fraction of sp³-hybridized carbons (Fsp3) is 0.235. The van der Waals surface area contributed by atoms with Gasteiger partial charge >= 0.3 is 12.4 Å². The Kier molecular flexibility index (Phi) is 5.08. The highest BCUT2D eigenvalue weighted by Gasteiger charge is 2.39. The minimum Gasteiger partial charge on any atom is -0.322 e. The zero-order chi connectivity index (χ0) is 22.4. The summed E-state index contributed by atoms with van der Waals surface area (Å²) in [7, 11) is 2.21. The molecule has 3 aromatic rings. The van der Waals surface area contributed by atoms with E-state index in [0.717, 1.165) is 36.1 Å². The van der Waals surface area contributed by atoms with Crippen molar-refractivity contribution in [2.45, 2.75) is 12.4 Å². The van der Waals surface area contributed by atoms with Crippen molar-refractivity contribution < 1.29 is 35.5 Å². The second-order valence-electron chi connectivity index (χ2n) is 6.21. The molecule has 1 amide bonds. The third-order valence-corrected chi connectivity index (χ3v) is 4.13. The number of rotatable bonds is 3. The number of halogens is 7. The first kappa shape index (κ1) is 21.3. The summed E-state index contributed by atoms with van der Waals surface area (Å²) < 4.78 is 93.4. The Morgan fingerprint density at radius 1 is 1.00 bits per heavy atom. The Balaban J connectivity index is 1.89. The van der Waals surface area contributed by atoms with Gasteiger partial charge in [0.05, 0.1) is 17.5 Å². The fourth-order valence-corrected chi connectivity index (χ4v) is 2.80. The lowest BCUT2D eigenvalue weighted by atomic mass is 10.1. The number of amides is 1. The van der Waals surface area contributed by atoms with Crippen LogP contribution in [0.2, 0.25) is 0 Å². The number of aryl methyl sites for hydroxylation is 2. The number of carbonyl (C=O) groups excluding carboxylic acids is 1. The van der Waals surface area contributed by atoms with E-state index in [1.165, 1.54) is 7.05 Å². The highest BCUT2D eigenvalue weighted by atomic mass is 19.4. The van der Waals surface area contributed by atoms with Crippen LogP contribution < -0.4 is 5.32 Å². The number of nitrogens with zero attached hydrogens (tertiary/aromatic N) is 4. The van der Waals surface area contributed by atoms with Gasteiger partial charge in [-0.2, -0.15) is 36.5 Å². The van der Waals surface area contributed by atoms with E-state index in [1.54, 1.807) is 0 Å². The summed E-state index contributed by atoms with van der Waals surface area (Å²) in [4.78, 5) is 12.2. The van der Waals surface area contributed by atoms with Gasteiger partial charge in [0.1, 0.15) is 5.82 Å². The Morgan fingerprint density at radius 2 is 1.67 bits per heavy atom. The summed E-state index contributed by atoms with van der Waals surface area (Å²) in [5.41, 5.74) is -3.88. The number of aromatic nitrogens is 4. The van der Waals surface area contributed by atoms with Crippen LogP contribution in [0.3, 0.4) is 0 Å². The zero-order valence-electron chi connectivity index (χ0n) is 15.2. The van der Waals surface area contributed by atoms with Gasteiger partial charge in [-0.05, 0) is 24.3 Å². The highest BCUT2D eigenvalue weighted by molar-refractivity contribution is 6.05. The topological polar surface area (TPSA) is 64.7 Å². The number of alkyl halides is 6. The number of anilines is 1. The van der Waals surface area contributed by atoms with Crippen LogP contribution in [0.15, 0.2) is 30.5 Å². The molecule has 0 radical (unpaired) electrons. The predicted molar refractivity (Wildman–Crippen MR) is 89.8 cm³/mol. The lowest BCUT2D eigenvalue weighted by Gasteiger charge is -2.11. The van der Waals surface area contributed by atoms with E-state index in [-0.39, 0.29) is 16.9 Å². The number of carbonyl (C=O) groups is 1. The first-order valence-electron chi connectivity index (χ1n) is 8.10. The average Bonchev–Trinajstić information content (AvgIpc) is 3.17. The predicted octanol–water partition coefficient (Wildman–Crippen LogP) is 4.25. The van der Waals surface area contributed by atoms with Crippen LogP contribution in [0.5, 0.6) is 0 Å². The van der Waals surface area contributed by atoms with Gasteiger partial charge in [-0.15, -0.1) is 0 Å². The van der Waals surface area contributed by atoms with Gasteiger partial charge in [0.2, 0.25) is 0 Å². The molecule has 0 aliphatic heterocycles. The molecule has 0 saturated carbocycles. The third kappa shape index (κ3) is 4.00. The minimum atomic E-state index is -4.84. The first-order chi connectivity index (χ1) is 13.8. The maximum Gasteiger partial charge on any atom is 0.435 e. The number of hydrogen-bond acceptors (Lipinski definition) is 3. The molecule has 0 bridgehead atoms. The summed E-state index contributed by atoms with van der Waals surface area (Å²) in [5, 5.41) is 8.81. The molecule has 0 spiro atoms. The fourth-order valence-electron chi connectivity index (χ4n) is 2.80. The number of hydrogen-bond donors (Lipinski definition) is 1. The van der Waals surface area contributed by atoms with E-state index in [9.17, 15) is 35.5 Å². The van der Waals surface area contributed by atoms with Gasteiger partial charge in [-0.25, -0.2) is 4.39 Å². The van der Waals surface area contributed by atoms with Gasteiger partial charge in [0.25, 0.3) is 5.91 Å². The Bertz CT molecular complexity index is 1110. The standard InChI is InChI=1S/C17H12F7N5O/c1-28-12(6-13(27-28)16(19,20)21)9-4-3-8(5-11(9)18)26-15(30)10-7-25-29(2)14(10)17(22,23)24/h3-7H,1-2H3,(H,26,30). The van der Waals surface area contributed by atoms with Gasteiger partial charge in [-0.3, -0.25) is 14.2 Å². The molecule has 2 heterocycles. The second kappa shape index (κ2) is 7.15. The first-order valence-corrected chi connectivity index (χ1v) is 8.10. The highest BCUT2D eigenvalue weighted by Crippen LogP contribution is 2.34. The quantitative estimate of drug-likeness (QED) is 0.626. The average molecular weight is 435 g/mol. The molecule has 0 fully saturated rings. The van der Waals surface area contributed by atoms with Crippen molar-refractivity contribution in [3.63, 3.8) is 0 Å². The van der Waals surface area contributed by atoms with Crippen LogP contribution in [-0.2, 0) is 26.4 Å². The summed E-state index contributed by atoms with van der Waals surface area (Å²) in [6, 6.07) is 3.65. The van der Waals surface area contributed by atoms with Crippen molar-refractivity contribution in [2.24, 2.45) is 14.1 Å². The summed E-state index contributed by atoms with van der Waals surface area (Å²) in [6.45, 7) is 0. The molecule has 6 nitrogen and oxygen atoms in total. The largest absolute Gasteiger partial charge is 0.435 e. The van der Waals surface area contributed by atoms with Crippen molar-refractivity contribution in [1.29, 1.82) is 0 Å². The lowest BCUT2D eigenvalue weighted by molar-refractivity contribution is -0.144. The van der Waals surface area contributed by atoms with Crippen LogP contribution in [0.1, 0.15) is 21.7 Å². The molecule has 2 aromatic heterocycles. The van der Waals surface area contributed by atoms with Crippen molar-refractivity contribution in [1.82, 2.24) is 19.6 Å². The maximum absolute atomic E-state index is 14.5. The molecule has 3 rings (SSSR count). The summed E-state index contributed by atoms with van der Waals surface area (Å²) >= 11 is 0. The monoisotopic (exact) mass is 435 g/mol. The van der Waals surface area contributed by atoms with Crippen LogP contribution in [0.25, 0.3) is 11.3 Å². The molecule has 0 aliphatic rings. The van der Waals surface area contributed by atoms with E-state index < -0.39 is 41.0 Å². The number of benzene rings is 1. The van der Waals surface area contributed by atoms with Crippen LogP contribution in [-0.4, -0.2) is 25.5 Å². The van der Waals surface area contributed by atoms with Gasteiger partial charge in [0, 0.05) is 25.3 Å². The molecular weight excluding hydrogens is 423 g/mol. The zero-order valence-corrected chi connectivity index (χ0v) is 15.2. The minimum absolute atomic E-state index is 0.177. The Hall–Kier alpha value is -3.38. The molecular formula is C17H12F7N5O. The van der Waals surface area contributed by atoms with Crippen LogP contribution >= 0.6 is 0 Å². The van der Waals surface area contributed by atoms with Gasteiger partial charge < -0.3 is 5.32 Å². The summed E-state index contributed by atoms with van der Waals surface area (Å²) in [5.74, 6) is -2.19. The molecule has 160 valence electrons. The van der Waals surface area contributed by atoms with Gasteiger partial charge in [0.15, 0.2) is 11.4 Å². The van der Waals surface area contributed by atoms with Crippen LogP contribution in [0, 0.1) is 5.82 Å². The molecule has 0 saturated heterocycles. The maximum atomic E-state index is 14.5. The van der Waals surface area contributed by atoms with Crippen LogP contribution in [0.4, 0.5) is 36.4 Å². The van der Waals surface area contributed by atoms with E-state index in [2.05, 4.69) is 15.5 Å². The van der Waals surface area contributed by atoms with E-state index in [1.807, 2.05) is 0 Å². The molecule has 1 aromatic carbocycles. The molecule has 13 heteroatoms. The SMILES string of the molecule is Cn1nc(C(F)(F)F)cc1-c1ccc(NC(=O)c2cnn(C)c2C(F)(F)F)cc1F. The molecule has 1 N–H and O–H groups in total. The Labute approximate surface area is 163 Å². The molecule has 30 heavy (non-hydrogen) atoms. The van der Waals surface area contributed by atoms with Crippen molar-refractivity contribution in [3.05, 3.63) is 53.2 Å². The Morgan fingerprint density at radius 3 is 2.20 bits per heavy atom. The van der Waals surface area contributed by atoms with Crippen molar-refractivity contribution in [3.8, 4) is 11.3 Å². The normalized spacial score (nSPS) is 12.3. The smallest absolute Gasteiger partial charge is 0.322 e. The van der Waals surface area contributed by atoms with Gasteiger partial charge in [-0.1, -0.05) is 0 Å². The van der Waals surface area contributed by atoms with Crippen molar-refractivity contribution in [2.75, 3.05) is 5.32 Å².